The van der Waals surface area contributed by atoms with Crippen LogP contribution in [0.2, 0.25) is 0 Å². The van der Waals surface area contributed by atoms with E-state index in [-0.39, 0.29) is 41.2 Å². The van der Waals surface area contributed by atoms with Crippen molar-refractivity contribution in [2.45, 2.75) is 13.8 Å². The summed E-state index contributed by atoms with van der Waals surface area (Å²) >= 11 is 0. The Morgan fingerprint density at radius 3 is 2.21 bits per heavy atom. The molecular weight excluding hydrogens is 217 g/mol. The van der Waals surface area contributed by atoms with Crippen LogP contribution in [-0.2, 0) is 19.1 Å². The zero-order valence-electron chi connectivity index (χ0n) is 7.61. The first kappa shape index (κ1) is 16.4. The van der Waals surface area contributed by atoms with Gasteiger partial charge in [0.25, 0.3) is 5.91 Å². The SMILES string of the molecule is C=C(OS(=O)(=O)CC(C)C)C(N)=O.[NaH]. The second kappa shape index (κ2) is 6.44. The van der Waals surface area contributed by atoms with E-state index in [1.165, 1.54) is 0 Å². The Morgan fingerprint density at radius 2 is 1.93 bits per heavy atom. The molecule has 78 valence electrons. The molecule has 0 spiro atoms. The molecule has 2 N–H and O–H groups in total. The molecule has 0 aliphatic heterocycles. The average molecular weight is 231 g/mol. The monoisotopic (exact) mass is 231 g/mol. The molecule has 1 amide bonds. The zero-order valence-corrected chi connectivity index (χ0v) is 8.43. The van der Waals surface area contributed by atoms with Gasteiger partial charge in [-0.05, 0) is 12.5 Å². The maximum atomic E-state index is 11.1. The van der Waals surface area contributed by atoms with Gasteiger partial charge in [0, 0.05) is 0 Å². The first-order chi connectivity index (χ1) is 5.74. The molecule has 0 aromatic rings. The van der Waals surface area contributed by atoms with E-state index in [2.05, 4.69) is 10.8 Å². The Kier molecular flexibility index (Phi) is 7.55. The Labute approximate surface area is 106 Å². The molecule has 0 saturated carbocycles. The van der Waals surface area contributed by atoms with Gasteiger partial charge in [0.2, 0.25) is 0 Å². The number of primary amides is 1. The molecule has 0 aromatic heterocycles. The second-order valence-corrected chi connectivity index (χ2v) is 4.60. The summed E-state index contributed by atoms with van der Waals surface area (Å²) in [7, 11) is -3.73. The van der Waals surface area contributed by atoms with Gasteiger partial charge in [0.05, 0.1) is 5.75 Å². The molecule has 0 aromatic carbocycles. The van der Waals surface area contributed by atoms with E-state index >= 15 is 0 Å². The number of amides is 1. The Balaban J connectivity index is 0. The fourth-order valence-electron chi connectivity index (χ4n) is 0.637. The number of rotatable bonds is 5. The number of carbonyl (C=O) groups is 1. The van der Waals surface area contributed by atoms with Crippen LogP contribution in [0.5, 0.6) is 0 Å². The van der Waals surface area contributed by atoms with Crippen molar-refractivity contribution in [3.63, 3.8) is 0 Å². The van der Waals surface area contributed by atoms with Gasteiger partial charge >= 0.3 is 39.7 Å². The fraction of sp³-hybridized carbons (Fsp3) is 0.571. The van der Waals surface area contributed by atoms with Gasteiger partial charge in [-0.25, -0.2) is 0 Å². The van der Waals surface area contributed by atoms with Gasteiger partial charge in [0.1, 0.15) is 0 Å². The summed E-state index contributed by atoms with van der Waals surface area (Å²) in [5, 5.41) is 0. The van der Waals surface area contributed by atoms with E-state index in [0.717, 1.165) is 0 Å². The van der Waals surface area contributed by atoms with Crippen molar-refractivity contribution in [1.29, 1.82) is 0 Å². The van der Waals surface area contributed by atoms with Crippen LogP contribution in [-0.4, -0.2) is 49.6 Å². The molecule has 0 fully saturated rings. The first-order valence-corrected chi connectivity index (χ1v) is 5.23. The molecule has 5 nitrogen and oxygen atoms in total. The molecule has 14 heavy (non-hydrogen) atoms. The Bertz CT molecular complexity index is 310. The fourth-order valence-corrected chi connectivity index (χ4v) is 1.91. The van der Waals surface area contributed by atoms with Gasteiger partial charge in [0.15, 0.2) is 5.76 Å². The van der Waals surface area contributed by atoms with Crippen molar-refractivity contribution in [2.75, 3.05) is 5.75 Å². The topological polar surface area (TPSA) is 86.5 Å². The van der Waals surface area contributed by atoms with E-state index in [0.29, 0.717) is 0 Å². The van der Waals surface area contributed by atoms with Crippen LogP contribution in [0, 0.1) is 5.92 Å². The predicted octanol–water partition coefficient (Wildman–Crippen LogP) is -0.661. The number of hydrogen-bond acceptors (Lipinski definition) is 4. The molecule has 0 aliphatic carbocycles. The van der Waals surface area contributed by atoms with Gasteiger partial charge in [-0.15, -0.1) is 0 Å². The van der Waals surface area contributed by atoms with E-state index < -0.39 is 21.8 Å². The molecule has 7 heteroatoms. The molecule has 0 atom stereocenters. The molecule has 0 rings (SSSR count). The molecule has 0 heterocycles. The normalized spacial score (nSPS) is 10.5. The molecule has 0 unspecified atom stereocenters. The maximum absolute atomic E-state index is 11.1. The van der Waals surface area contributed by atoms with Crippen molar-refractivity contribution in [2.24, 2.45) is 11.7 Å². The standard InChI is InChI=1S/C7H13NO4S.Na.H/c1-5(2)4-13(10,11)12-6(3)7(8)9;;/h5H,3-4H2,1-2H3,(H2,8,9);;. The quantitative estimate of drug-likeness (QED) is 0.294. The molecular formula is C7H14NNaO4S. The summed E-state index contributed by atoms with van der Waals surface area (Å²) in [6, 6.07) is 0. The zero-order chi connectivity index (χ0) is 10.6. The molecule has 0 radical (unpaired) electrons. The van der Waals surface area contributed by atoms with Gasteiger partial charge < -0.3 is 9.92 Å². The summed E-state index contributed by atoms with van der Waals surface area (Å²) in [6.45, 7) is 6.50. The minimum absolute atomic E-state index is 0. The Hall–Kier alpha value is -0.0400. The van der Waals surface area contributed by atoms with Crippen LogP contribution < -0.4 is 5.73 Å². The van der Waals surface area contributed by atoms with Crippen molar-refractivity contribution in [3.8, 4) is 0 Å². The summed E-state index contributed by atoms with van der Waals surface area (Å²) in [6.07, 6.45) is 0. The predicted molar refractivity (Wildman–Crippen MR) is 55.2 cm³/mol. The molecule has 0 bridgehead atoms. The van der Waals surface area contributed by atoms with Crippen molar-refractivity contribution < 1.29 is 17.4 Å². The average Bonchev–Trinajstić information content (AvgIpc) is 1.81. The summed E-state index contributed by atoms with van der Waals surface area (Å²) < 4.78 is 26.4. The summed E-state index contributed by atoms with van der Waals surface area (Å²) in [5.41, 5.74) is 4.75. The summed E-state index contributed by atoms with van der Waals surface area (Å²) in [4.78, 5) is 10.4. The minimum atomic E-state index is -3.73. The third kappa shape index (κ3) is 7.37. The van der Waals surface area contributed by atoms with E-state index in [4.69, 9.17) is 5.73 Å². The van der Waals surface area contributed by atoms with Crippen molar-refractivity contribution >= 4 is 45.6 Å². The summed E-state index contributed by atoms with van der Waals surface area (Å²) in [5.74, 6) is -1.78. The third-order valence-corrected chi connectivity index (χ3v) is 2.57. The van der Waals surface area contributed by atoms with E-state index in [9.17, 15) is 13.2 Å². The van der Waals surface area contributed by atoms with E-state index in [1.54, 1.807) is 13.8 Å². The first-order valence-electron chi connectivity index (χ1n) is 3.65. The van der Waals surface area contributed by atoms with Crippen LogP contribution >= 0.6 is 0 Å². The van der Waals surface area contributed by atoms with Crippen molar-refractivity contribution in [1.82, 2.24) is 0 Å². The van der Waals surface area contributed by atoms with Crippen LogP contribution in [0.15, 0.2) is 12.3 Å². The van der Waals surface area contributed by atoms with Crippen LogP contribution in [0.4, 0.5) is 0 Å². The molecule has 0 aliphatic rings. The number of hydrogen-bond donors (Lipinski definition) is 1. The van der Waals surface area contributed by atoms with E-state index in [1.807, 2.05) is 0 Å². The third-order valence-electron chi connectivity index (χ3n) is 1.04. The number of carbonyl (C=O) groups excluding carboxylic acids is 1. The molecule has 0 saturated heterocycles. The van der Waals surface area contributed by atoms with Crippen LogP contribution in [0.25, 0.3) is 0 Å². The van der Waals surface area contributed by atoms with Crippen LogP contribution in [0.3, 0.4) is 0 Å². The second-order valence-electron chi connectivity index (χ2n) is 2.99. The van der Waals surface area contributed by atoms with Crippen molar-refractivity contribution in [3.05, 3.63) is 12.3 Å². The Morgan fingerprint density at radius 1 is 1.50 bits per heavy atom. The van der Waals surface area contributed by atoms with Gasteiger partial charge in [-0.2, -0.15) is 8.42 Å². The van der Waals surface area contributed by atoms with Crippen LogP contribution in [0.1, 0.15) is 13.8 Å². The van der Waals surface area contributed by atoms with Gasteiger partial charge in [-0.1, -0.05) is 13.8 Å². The number of nitrogens with two attached hydrogens (primary N) is 1. The van der Waals surface area contributed by atoms with Gasteiger partial charge in [-0.3, -0.25) is 4.79 Å².